The Labute approximate surface area is 192 Å². The molecule has 3 rings (SSSR count). The van der Waals surface area contributed by atoms with Crippen molar-refractivity contribution in [3.8, 4) is 5.75 Å². The predicted octanol–water partition coefficient (Wildman–Crippen LogP) is 8.60. The Bertz CT molecular complexity index is 701. The van der Waals surface area contributed by atoms with Gasteiger partial charge in [0.15, 0.2) is 0 Å². The zero-order valence-electron chi connectivity index (χ0n) is 19.8. The van der Waals surface area contributed by atoms with Crippen LogP contribution in [0, 0.1) is 35.3 Å². The van der Waals surface area contributed by atoms with E-state index >= 15 is 0 Å². The van der Waals surface area contributed by atoms with Gasteiger partial charge in [0.1, 0.15) is 17.4 Å². The third-order valence-electron chi connectivity index (χ3n) is 7.93. The van der Waals surface area contributed by atoms with Crippen molar-refractivity contribution < 1.29 is 17.9 Å². The van der Waals surface area contributed by atoms with E-state index in [-0.39, 0.29) is 6.67 Å². The van der Waals surface area contributed by atoms with Crippen LogP contribution in [0.25, 0.3) is 0 Å². The largest absolute Gasteiger partial charge is 0.496 e. The zero-order valence-corrected chi connectivity index (χ0v) is 19.8. The first-order valence-electron chi connectivity index (χ1n) is 12.8. The van der Waals surface area contributed by atoms with E-state index in [4.69, 9.17) is 4.74 Å². The highest BCUT2D eigenvalue weighted by Gasteiger charge is 2.30. The second-order valence-corrected chi connectivity index (χ2v) is 10.0. The van der Waals surface area contributed by atoms with Crippen molar-refractivity contribution in [1.29, 1.82) is 0 Å². The SMILES string of the molecule is COc1cc(F)cc(F)c1CC[C@H]1CC[C@H]([C@H]2CC[C@H](C=CCCCCCF)CC2)CC1. The van der Waals surface area contributed by atoms with E-state index in [9.17, 15) is 13.2 Å². The van der Waals surface area contributed by atoms with Gasteiger partial charge in [-0.2, -0.15) is 0 Å². The molecule has 0 spiro atoms. The highest BCUT2D eigenvalue weighted by molar-refractivity contribution is 5.35. The molecule has 1 nitrogen and oxygen atoms in total. The fraction of sp³-hybridized carbons (Fsp3) is 0.714. The van der Waals surface area contributed by atoms with Crippen molar-refractivity contribution >= 4 is 0 Å². The summed E-state index contributed by atoms with van der Waals surface area (Å²) >= 11 is 0. The summed E-state index contributed by atoms with van der Waals surface area (Å²) < 4.78 is 44.9. The van der Waals surface area contributed by atoms with Gasteiger partial charge in [0.05, 0.1) is 13.8 Å². The number of unbranched alkanes of at least 4 members (excludes halogenated alkanes) is 3. The van der Waals surface area contributed by atoms with Gasteiger partial charge in [-0.05, 0) is 94.3 Å². The molecular formula is C28H41F3O. The number of ether oxygens (including phenoxy) is 1. The van der Waals surface area contributed by atoms with E-state index in [1.807, 2.05) is 0 Å². The summed E-state index contributed by atoms with van der Waals surface area (Å²) in [5.41, 5.74) is 0.518. The summed E-state index contributed by atoms with van der Waals surface area (Å²) in [6.07, 6.45) is 20.6. The summed E-state index contributed by atoms with van der Waals surface area (Å²) in [4.78, 5) is 0. The lowest BCUT2D eigenvalue weighted by molar-refractivity contribution is 0.152. The molecule has 1 aromatic rings. The molecule has 2 fully saturated rings. The molecule has 0 N–H and O–H groups in total. The molecule has 0 radical (unpaired) electrons. The molecule has 0 bridgehead atoms. The van der Waals surface area contributed by atoms with Crippen LogP contribution in [0.4, 0.5) is 13.2 Å². The number of hydrogen-bond acceptors (Lipinski definition) is 1. The molecule has 0 saturated heterocycles. The Balaban J connectivity index is 1.35. The highest BCUT2D eigenvalue weighted by Crippen LogP contribution is 2.42. The van der Waals surface area contributed by atoms with Crippen molar-refractivity contribution in [2.45, 2.75) is 89.9 Å². The van der Waals surface area contributed by atoms with Crippen molar-refractivity contribution in [3.63, 3.8) is 0 Å². The molecule has 0 unspecified atom stereocenters. The third kappa shape index (κ3) is 7.56. The second-order valence-electron chi connectivity index (χ2n) is 10.0. The van der Waals surface area contributed by atoms with Crippen LogP contribution in [0.15, 0.2) is 24.3 Å². The topological polar surface area (TPSA) is 9.23 Å². The minimum atomic E-state index is -0.581. The summed E-state index contributed by atoms with van der Waals surface area (Å²) in [6.45, 7) is -0.183. The molecule has 4 heteroatoms. The summed E-state index contributed by atoms with van der Waals surface area (Å²) in [5.74, 6) is 2.38. The summed E-state index contributed by atoms with van der Waals surface area (Å²) in [7, 11) is 1.47. The van der Waals surface area contributed by atoms with E-state index in [2.05, 4.69) is 12.2 Å². The van der Waals surface area contributed by atoms with Crippen molar-refractivity contribution in [1.82, 2.24) is 0 Å². The van der Waals surface area contributed by atoms with E-state index in [1.165, 1.54) is 64.5 Å². The van der Waals surface area contributed by atoms with Crippen LogP contribution >= 0.6 is 0 Å². The second kappa shape index (κ2) is 13.3. The molecule has 180 valence electrons. The minimum Gasteiger partial charge on any atom is -0.496 e. The number of allylic oxidation sites excluding steroid dienone is 2. The van der Waals surface area contributed by atoms with Crippen LogP contribution in [-0.4, -0.2) is 13.8 Å². The van der Waals surface area contributed by atoms with Gasteiger partial charge in [0.2, 0.25) is 0 Å². The van der Waals surface area contributed by atoms with E-state index in [0.29, 0.717) is 30.1 Å². The normalized spacial score (nSPS) is 26.5. The molecule has 1 aromatic carbocycles. The van der Waals surface area contributed by atoms with Gasteiger partial charge in [0.25, 0.3) is 0 Å². The van der Waals surface area contributed by atoms with Gasteiger partial charge in [-0.25, -0.2) is 8.78 Å². The summed E-state index contributed by atoms with van der Waals surface area (Å²) in [6, 6.07) is 2.25. The lowest BCUT2D eigenvalue weighted by Crippen LogP contribution is -2.25. The number of alkyl halides is 1. The molecular weight excluding hydrogens is 409 g/mol. The summed E-state index contributed by atoms with van der Waals surface area (Å²) in [5, 5.41) is 0. The number of benzene rings is 1. The molecule has 0 amide bonds. The predicted molar refractivity (Wildman–Crippen MR) is 126 cm³/mol. The highest BCUT2D eigenvalue weighted by atomic mass is 19.1. The first-order chi connectivity index (χ1) is 15.6. The van der Waals surface area contributed by atoms with Gasteiger partial charge in [-0.1, -0.05) is 31.4 Å². The number of methoxy groups -OCH3 is 1. The average molecular weight is 451 g/mol. The van der Waals surface area contributed by atoms with Gasteiger partial charge in [-0.3, -0.25) is 4.39 Å². The molecule has 2 aliphatic rings. The van der Waals surface area contributed by atoms with Gasteiger partial charge < -0.3 is 4.74 Å². The average Bonchev–Trinajstić information content (AvgIpc) is 2.81. The lowest BCUT2D eigenvalue weighted by Gasteiger charge is -2.37. The maximum Gasteiger partial charge on any atom is 0.133 e. The van der Waals surface area contributed by atoms with Crippen molar-refractivity contribution in [2.24, 2.45) is 23.7 Å². The molecule has 2 saturated carbocycles. The Morgan fingerprint density at radius 2 is 1.59 bits per heavy atom. The maximum absolute atomic E-state index is 14.2. The fourth-order valence-electron chi connectivity index (χ4n) is 5.93. The molecule has 0 heterocycles. The van der Waals surface area contributed by atoms with Gasteiger partial charge in [0, 0.05) is 17.7 Å². The fourth-order valence-corrected chi connectivity index (χ4v) is 5.93. The van der Waals surface area contributed by atoms with Crippen LogP contribution in [0.5, 0.6) is 5.75 Å². The van der Waals surface area contributed by atoms with Crippen LogP contribution < -0.4 is 4.74 Å². The molecule has 0 aliphatic heterocycles. The molecule has 0 aromatic heterocycles. The third-order valence-corrected chi connectivity index (χ3v) is 7.93. The molecule has 0 atom stereocenters. The van der Waals surface area contributed by atoms with E-state index in [0.717, 1.165) is 49.5 Å². The van der Waals surface area contributed by atoms with Crippen molar-refractivity contribution in [3.05, 3.63) is 41.5 Å². The first-order valence-corrected chi connectivity index (χ1v) is 12.8. The zero-order chi connectivity index (χ0) is 22.8. The lowest BCUT2D eigenvalue weighted by atomic mass is 9.68. The Kier molecular flexibility index (Phi) is 10.5. The first kappa shape index (κ1) is 25.2. The monoisotopic (exact) mass is 450 g/mol. The van der Waals surface area contributed by atoms with Crippen LogP contribution in [0.3, 0.4) is 0 Å². The standard InChI is InChI=1S/C28H41F3O/c1-32-28-20-25(30)19-27(31)26(28)17-12-22-10-15-24(16-11-22)23-13-8-21(9-14-23)7-5-3-2-4-6-18-29/h5,7,19-24H,2-4,6,8-18H2,1H3/t21-,22-,23-,24-. The van der Waals surface area contributed by atoms with Crippen LogP contribution in [0.2, 0.25) is 0 Å². The van der Waals surface area contributed by atoms with Crippen LogP contribution in [0.1, 0.15) is 89.0 Å². The smallest absolute Gasteiger partial charge is 0.133 e. The van der Waals surface area contributed by atoms with Crippen LogP contribution in [-0.2, 0) is 6.42 Å². The quantitative estimate of drug-likeness (QED) is 0.242. The minimum absolute atomic E-state index is 0.183. The number of rotatable bonds is 11. The Hall–Kier alpha value is -1.45. The van der Waals surface area contributed by atoms with Gasteiger partial charge >= 0.3 is 0 Å². The maximum atomic E-state index is 14.2. The van der Waals surface area contributed by atoms with Gasteiger partial charge in [-0.15, -0.1) is 0 Å². The number of halogens is 3. The van der Waals surface area contributed by atoms with E-state index < -0.39 is 11.6 Å². The van der Waals surface area contributed by atoms with E-state index in [1.54, 1.807) is 0 Å². The molecule has 2 aliphatic carbocycles. The van der Waals surface area contributed by atoms with Crippen molar-refractivity contribution in [2.75, 3.05) is 13.8 Å². The number of hydrogen-bond donors (Lipinski definition) is 0. The molecule has 32 heavy (non-hydrogen) atoms. The Morgan fingerprint density at radius 3 is 2.25 bits per heavy atom. The Morgan fingerprint density at radius 1 is 0.906 bits per heavy atom.